The van der Waals surface area contributed by atoms with Crippen LogP contribution in [0.3, 0.4) is 0 Å². The van der Waals surface area contributed by atoms with Gasteiger partial charge in [-0.05, 0) is 38.1 Å². The molecule has 1 heterocycles. The van der Waals surface area contributed by atoms with E-state index in [0.29, 0.717) is 12.6 Å². The van der Waals surface area contributed by atoms with Gasteiger partial charge in [0, 0.05) is 32.8 Å². The van der Waals surface area contributed by atoms with E-state index in [1.165, 1.54) is 45.3 Å². The molecule has 1 atom stereocenters. The van der Waals surface area contributed by atoms with Gasteiger partial charge in [0.1, 0.15) is 0 Å². The highest BCUT2D eigenvalue weighted by atomic mass is 16.5. The molecule has 0 saturated carbocycles. The molecule has 1 saturated heterocycles. The molecule has 0 amide bonds. The number of piperidine rings is 1. The van der Waals surface area contributed by atoms with Crippen LogP contribution in [0, 0.1) is 5.41 Å². The first kappa shape index (κ1) is 21.2. The predicted molar refractivity (Wildman–Crippen MR) is 104 cm³/mol. The Kier molecular flexibility index (Phi) is 9.67. The maximum Gasteiger partial charge on any atom is 0.191 e. The summed E-state index contributed by atoms with van der Waals surface area (Å²) in [5.41, 5.74) is 0.0974. The Balaban J connectivity index is 2.50. The van der Waals surface area contributed by atoms with E-state index in [1.807, 2.05) is 0 Å². The van der Waals surface area contributed by atoms with Crippen molar-refractivity contribution in [1.29, 1.82) is 0 Å². The van der Waals surface area contributed by atoms with E-state index in [0.717, 1.165) is 12.5 Å². The molecule has 0 aromatic rings. The number of hydrogen-bond acceptors (Lipinski definition) is 3. The van der Waals surface area contributed by atoms with Crippen LogP contribution in [0.4, 0.5) is 0 Å². The molecule has 1 aliphatic heterocycles. The summed E-state index contributed by atoms with van der Waals surface area (Å²) in [6, 6.07) is 0.524. The van der Waals surface area contributed by atoms with Gasteiger partial charge in [0.2, 0.25) is 0 Å². The third-order valence-electron chi connectivity index (χ3n) is 4.77. The lowest BCUT2D eigenvalue weighted by molar-refractivity contribution is 0.0241. The van der Waals surface area contributed by atoms with Gasteiger partial charge >= 0.3 is 0 Å². The van der Waals surface area contributed by atoms with Crippen LogP contribution in [0.2, 0.25) is 0 Å². The second kappa shape index (κ2) is 10.9. The molecular formula is C19H40N4O. The van der Waals surface area contributed by atoms with Crippen molar-refractivity contribution >= 4 is 5.96 Å². The van der Waals surface area contributed by atoms with Gasteiger partial charge in [0.05, 0.1) is 12.6 Å². The largest absolute Gasteiger partial charge is 0.379 e. The average molecular weight is 341 g/mol. The highest BCUT2D eigenvalue weighted by molar-refractivity contribution is 5.80. The minimum atomic E-state index is 0.0974. The second-order valence-corrected chi connectivity index (χ2v) is 7.92. The first-order valence-electron chi connectivity index (χ1n) is 9.70. The van der Waals surface area contributed by atoms with E-state index in [1.54, 1.807) is 7.11 Å². The maximum absolute atomic E-state index is 5.62. The summed E-state index contributed by atoms with van der Waals surface area (Å²) >= 11 is 0. The van der Waals surface area contributed by atoms with Gasteiger partial charge in [-0.25, -0.2) is 0 Å². The number of nitrogens with one attached hydrogen (secondary N) is 2. The maximum atomic E-state index is 5.62. The predicted octanol–water partition coefficient (Wildman–Crippen LogP) is 2.87. The number of nitrogens with zero attached hydrogens (tertiary/aromatic N) is 2. The van der Waals surface area contributed by atoms with E-state index in [2.05, 4.69) is 50.2 Å². The molecule has 0 aromatic carbocycles. The van der Waals surface area contributed by atoms with Crippen LogP contribution >= 0.6 is 0 Å². The summed E-state index contributed by atoms with van der Waals surface area (Å²) in [6.07, 6.45) is 5.11. The highest BCUT2D eigenvalue weighted by Gasteiger charge is 2.24. The number of guanidine groups is 1. The standard InChI is InChI=1S/C19H40N4O/c1-7-9-12-23-13-10-16(11-14-23)22-18(20-8-2)21-15-17(24-6)19(3,4)5/h16-17H,7-15H2,1-6H3,(H2,20,21,22). The molecule has 0 bridgehead atoms. The van der Waals surface area contributed by atoms with Gasteiger partial charge in [0.25, 0.3) is 0 Å². The number of methoxy groups -OCH3 is 1. The number of rotatable bonds is 8. The van der Waals surface area contributed by atoms with Crippen molar-refractivity contribution in [3.8, 4) is 0 Å². The zero-order chi connectivity index (χ0) is 18.0. The lowest BCUT2D eigenvalue weighted by Crippen LogP contribution is -2.49. The average Bonchev–Trinajstić information content (AvgIpc) is 2.53. The Morgan fingerprint density at radius 3 is 2.42 bits per heavy atom. The van der Waals surface area contributed by atoms with Gasteiger partial charge < -0.3 is 20.3 Å². The molecular weight excluding hydrogens is 300 g/mol. The Bertz CT molecular complexity index is 357. The fraction of sp³-hybridized carbons (Fsp3) is 0.947. The van der Waals surface area contributed by atoms with Crippen LogP contribution < -0.4 is 10.6 Å². The quantitative estimate of drug-likeness (QED) is 0.527. The lowest BCUT2D eigenvalue weighted by Gasteiger charge is -2.33. The smallest absolute Gasteiger partial charge is 0.191 e. The summed E-state index contributed by atoms with van der Waals surface area (Å²) in [5, 5.41) is 7.00. The van der Waals surface area contributed by atoms with Crippen molar-refractivity contribution in [2.75, 3.05) is 39.8 Å². The topological polar surface area (TPSA) is 48.9 Å². The third kappa shape index (κ3) is 7.84. The Morgan fingerprint density at radius 1 is 1.25 bits per heavy atom. The second-order valence-electron chi connectivity index (χ2n) is 7.92. The zero-order valence-electron chi connectivity index (χ0n) is 16.8. The number of aliphatic imine (C=N–C) groups is 1. The van der Waals surface area contributed by atoms with Crippen LogP contribution in [-0.2, 0) is 4.74 Å². The fourth-order valence-corrected chi connectivity index (χ4v) is 3.07. The minimum absolute atomic E-state index is 0.0974. The van der Waals surface area contributed by atoms with Crippen molar-refractivity contribution in [2.24, 2.45) is 10.4 Å². The van der Waals surface area contributed by atoms with Gasteiger partial charge in [-0.15, -0.1) is 0 Å². The minimum Gasteiger partial charge on any atom is -0.379 e. The van der Waals surface area contributed by atoms with E-state index < -0.39 is 0 Å². The van der Waals surface area contributed by atoms with Crippen molar-refractivity contribution in [3.63, 3.8) is 0 Å². The normalized spacial score (nSPS) is 19.3. The van der Waals surface area contributed by atoms with Crippen LogP contribution in [0.1, 0.15) is 60.3 Å². The van der Waals surface area contributed by atoms with Crippen LogP contribution in [0.5, 0.6) is 0 Å². The van der Waals surface area contributed by atoms with E-state index in [-0.39, 0.29) is 11.5 Å². The summed E-state index contributed by atoms with van der Waals surface area (Å²) in [6.45, 7) is 16.2. The summed E-state index contributed by atoms with van der Waals surface area (Å²) in [7, 11) is 1.78. The van der Waals surface area contributed by atoms with Gasteiger partial charge in [-0.2, -0.15) is 0 Å². The Morgan fingerprint density at radius 2 is 1.92 bits per heavy atom. The number of hydrogen-bond donors (Lipinski definition) is 2. The molecule has 0 spiro atoms. The monoisotopic (exact) mass is 340 g/mol. The first-order valence-corrected chi connectivity index (χ1v) is 9.70. The van der Waals surface area contributed by atoms with E-state index >= 15 is 0 Å². The molecule has 1 rings (SSSR count). The molecule has 5 nitrogen and oxygen atoms in total. The molecule has 0 radical (unpaired) electrons. The SMILES string of the molecule is CCCCN1CCC(NC(=NCC(OC)C(C)(C)C)NCC)CC1. The molecule has 1 unspecified atom stereocenters. The van der Waals surface area contributed by atoms with Crippen molar-refractivity contribution in [1.82, 2.24) is 15.5 Å². The molecule has 0 aliphatic carbocycles. The van der Waals surface area contributed by atoms with E-state index in [9.17, 15) is 0 Å². The van der Waals surface area contributed by atoms with Crippen LogP contribution in [0.15, 0.2) is 4.99 Å². The van der Waals surface area contributed by atoms with Crippen molar-refractivity contribution in [2.45, 2.75) is 72.4 Å². The molecule has 5 heteroatoms. The lowest BCUT2D eigenvalue weighted by atomic mass is 9.89. The fourth-order valence-electron chi connectivity index (χ4n) is 3.07. The Labute approximate surface area is 149 Å². The van der Waals surface area contributed by atoms with E-state index in [4.69, 9.17) is 9.73 Å². The summed E-state index contributed by atoms with van der Waals surface area (Å²) in [5.74, 6) is 0.927. The van der Waals surface area contributed by atoms with Gasteiger partial charge in [-0.1, -0.05) is 34.1 Å². The molecule has 24 heavy (non-hydrogen) atoms. The molecule has 2 N–H and O–H groups in total. The number of unbranched alkanes of at least 4 members (excludes halogenated alkanes) is 1. The van der Waals surface area contributed by atoms with Gasteiger partial charge in [0.15, 0.2) is 5.96 Å². The molecule has 142 valence electrons. The van der Waals surface area contributed by atoms with Gasteiger partial charge in [-0.3, -0.25) is 4.99 Å². The number of ether oxygens (including phenoxy) is 1. The first-order chi connectivity index (χ1) is 11.4. The third-order valence-corrected chi connectivity index (χ3v) is 4.77. The summed E-state index contributed by atoms with van der Waals surface area (Å²) < 4.78 is 5.62. The van der Waals surface area contributed by atoms with Crippen molar-refractivity contribution < 1.29 is 4.74 Å². The summed E-state index contributed by atoms with van der Waals surface area (Å²) in [4.78, 5) is 7.36. The highest BCUT2D eigenvalue weighted by Crippen LogP contribution is 2.21. The Hall–Kier alpha value is -0.810. The molecule has 0 aromatic heterocycles. The molecule has 1 aliphatic rings. The number of likely N-dealkylation sites (tertiary alicyclic amines) is 1. The van der Waals surface area contributed by atoms with Crippen LogP contribution in [0.25, 0.3) is 0 Å². The molecule has 1 fully saturated rings. The van der Waals surface area contributed by atoms with Crippen molar-refractivity contribution in [3.05, 3.63) is 0 Å². The zero-order valence-corrected chi connectivity index (χ0v) is 16.8. The van der Waals surface area contributed by atoms with Crippen LogP contribution in [-0.4, -0.2) is 62.8 Å².